The Morgan fingerprint density at radius 2 is 0.621 bits per heavy atom. The largest absolute Gasteiger partial charge is 0.455 e. The molecule has 720 valence electrons. The fourth-order valence-corrected chi connectivity index (χ4v) is 18.2. The highest BCUT2D eigenvalue weighted by atomic mass is 19.3. The minimum Gasteiger partial charge on any atom is -0.455 e. The second-order valence-electron chi connectivity index (χ2n) is 34.8. The van der Waals surface area contributed by atoms with Crippen molar-refractivity contribution in [2.45, 2.75) is 149 Å². The number of hydrogen-bond acceptors (Lipinski definition) is 21. The monoisotopic (exact) mass is 1900 g/mol. The molecule has 15 aromatic rings. The van der Waals surface area contributed by atoms with Gasteiger partial charge in [-0.1, -0.05) is 126 Å². The van der Waals surface area contributed by atoms with Crippen LogP contribution in [0.15, 0.2) is 238 Å². The number of carbonyl (C=O) groups is 6. The first-order chi connectivity index (χ1) is 67.4. The molecule has 27 nitrogen and oxygen atoms in total. The van der Waals surface area contributed by atoms with Crippen LogP contribution in [0.3, 0.4) is 0 Å². The highest BCUT2D eigenvalue weighted by Crippen LogP contribution is 2.49. The van der Waals surface area contributed by atoms with Gasteiger partial charge in [-0.2, -0.15) is 26.3 Å². The van der Waals surface area contributed by atoms with Crippen LogP contribution in [0, 0.1) is 34.6 Å². The molecule has 140 heavy (non-hydrogen) atoms. The summed E-state index contributed by atoms with van der Waals surface area (Å²) in [5.41, 5.74) is 14.7. The van der Waals surface area contributed by atoms with Crippen molar-refractivity contribution in [2.75, 3.05) is 56.7 Å². The Morgan fingerprint density at radius 1 is 0.343 bits per heavy atom. The van der Waals surface area contributed by atoms with Gasteiger partial charge >= 0.3 is 19.8 Å². The van der Waals surface area contributed by atoms with E-state index in [1.165, 1.54) is 0 Å². The summed E-state index contributed by atoms with van der Waals surface area (Å²) in [5, 5.41) is 29.3. The van der Waals surface area contributed by atoms with E-state index in [1.807, 2.05) is 195 Å². The Kier molecular flexibility index (Phi) is 29.2. The molecule has 9 aromatic carbocycles. The summed E-state index contributed by atoms with van der Waals surface area (Å²) in [6.45, 7) is 8.68. The first-order valence-corrected chi connectivity index (χ1v) is 45.8. The van der Waals surface area contributed by atoms with Crippen molar-refractivity contribution in [3.63, 3.8) is 0 Å². The van der Waals surface area contributed by atoms with Crippen molar-refractivity contribution in [1.29, 1.82) is 0 Å². The van der Waals surface area contributed by atoms with Gasteiger partial charge in [0.25, 0.3) is 35.4 Å². The topological polar surface area (TPSA) is 355 Å². The van der Waals surface area contributed by atoms with Gasteiger partial charge in [-0.3, -0.25) is 28.8 Å². The Morgan fingerprint density at radius 3 is 0.900 bits per heavy atom. The first kappa shape index (κ1) is 97.6. The van der Waals surface area contributed by atoms with Crippen LogP contribution in [0.25, 0.3) is 100 Å². The molecule has 6 heterocycles. The molecule has 0 spiro atoms. The van der Waals surface area contributed by atoms with Gasteiger partial charge in [0, 0.05) is 218 Å². The highest BCUT2D eigenvalue weighted by molar-refractivity contribution is 6.16. The minimum absolute atomic E-state index is 0.110. The van der Waals surface area contributed by atoms with Crippen molar-refractivity contribution >= 4 is 85.4 Å². The van der Waals surface area contributed by atoms with Crippen LogP contribution in [0.5, 0.6) is 0 Å². The number of carbonyl (C=O) groups excluding carboxylic acids is 6. The van der Waals surface area contributed by atoms with E-state index in [0.29, 0.717) is 121 Å². The van der Waals surface area contributed by atoms with Gasteiger partial charge in [-0.25, -0.2) is 29.9 Å². The lowest BCUT2D eigenvalue weighted by atomic mass is 9.73. The van der Waals surface area contributed by atoms with E-state index >= 15 is 0 Å². The third-order valence-corrected chi connectivity index (χ3v) is 25.3. The normalized spacial score (nSPS) is 17.4. The van der Waals surface area contributed by atoms with Gasteiger partial charge in [0.1, 0.15) is 50.6 Å². The maximum absolute atomic E-state index is 13.9. The first-order valence-electron chi connectivity index (χ1n) is 45.8. The molecule has 6 aromatic heterocycles. The van der Waals surface area contributed by atoms with Crippen molar-refractivity contribution in [3.8, 4) is 67.4 Å². The average molecular weight is 1910 g/mol. The van der Waals surface area contributed by atoms with Crippen molar-refractivity contribution in [2.24, 2.45) is 0 Å². The summed E-state index contributed by atoms with van der Waals surface area (Å²) >= 11 is 0. The molecule has 0 saturated heterocycles. The molecule has 3 aliphatic rings. The fraction of sp³-hybridized carbons (Fsp3) is 0.271. The Labute approximate surface area is 802 Å². The number of aryl methyl sites for hydroxylation is 5. The van der Waals surface area contributed by atoms with Crippen LogP contribution < -0.4 is 47.9 Å². The molecule has 3 saturated carbocycles. The van der Waals surface area contributed by atoms with Crippen LogP contribution in [0.1, 0.15) is 167 Å². The maximum atomic E-state index is 13.9. The number of nitrogens with one attached hydrogen (secondary N) is 9. The summed E-state index contributed by atoms with van der Waals surface area (Å²) in [6, 6.07) is 57.8. The summed E-state index contributed by atoms with van der Waals surface area (Å²) in [7, 11) is 4.74. The van der Waals surface area contributed by atoms with E-state index in [-0.39, 0.29) is 56.2 Å². The zero-order valence-corrected chi connectivity index (χ0v) is 78.5. The number of amides is 6. The molecule has 0 unspecified atom stereocenters. The van der Waals surface area contributed by atoms with Crippen LogP contribution in [-0.4, -0.2) is 144 Å². The van der Waals surface area contributed by atoms with E-state index in [0.717, 1.165) is 95.0 Å². The standard InChI is InChI=1S/2C36H35F2N5O4.C35H33F2N5O4/c2*1-5-40-28-17-29-27(30(33(45)39-4)31(47-29)22-10-7-20(2)8-11-22)16-26(28)23-12-9-21(3)25(15-23)32(44)43-36(34-41-13-6-14-42-34)18-24(19-36)46-35(37)38;1-4-39-27-17-28-26(29(32(44)38-3)30(46-28)21-11-9-20(2)10-12-21)16-25(27)22-7-5-8-23(15-22)31(43)42-35(33-40-13-6-14-41-33)18-24(19-35)45-34(36)37/h2*6-17,24,35,40H,5,18-19H2,1-4H3,(H,39,45)(H,43,44);5-17,24,34,39H,4,18-19H2,1-3H3,(H,38,44)(H,42,43). The smallest absolute Gasteiger partial charge is 0.345 e. The number of alkyl halides is 6. The second-order valence-corrected chi connectivity index (χ2v) is 34.8. The molecule has 33 heteroatoms. The van der Waals surface area contributed by atoms with Crippen molar-refractivity contribution in [3.05, 3.63) is 304 Å². The molecule has 3 aliphatic carbocycles. The third kappa shape index (κ3) is 20.6. The number of ether oxygens (including phenoxy) is 3. The molecule has 0 aliphatic heterocycles. The third-order valence-electron chi connectivity index (χ3n) is 25.3. The predicted molar refractivity (Wildman–Crippen MR) is 521 cm³/mol. The Balaban J connectivity index is 0.000000151. The molecular weight excluding hydrogens is 1800 g/mol. The number of anilines is 3. The number of nitrogens with zero attached hydrogens (tertiary/aromatic N) is 6. The molecule has 0 atom stereocenters. The van der Waals surface area contributed by atoms with Crippen LogP contribution in [0.4, 0.5) is 43.4 Å². The molecule has 6 amide bonds. The number of furan rings is 3. The van der Waals surface area contributed by atoms with E-state index in [2.05, 4.69) is 82.5 Å². The summed E-state index contributed by atoms with van der Waals surface area (Å²) < 4.78 is 111. The summed E-state index contributed by atoms with van der Waals surface area (Å²) in [5.74, 6) is 0.344. The Bertz CT molecular complexity index is 6810. The lowest BCUT2D eigenvalue weighted by Gasteiger charge is -2.46. The zero-order valence-electron chi connectivity index (χ0n) is 78.5. The maximum Gasteiger partial charge on any atom is 0.345 e. The van der Waals surface area contributed by atoms with Gasteiger partial charge in [0.2, 0.25) is 0 Å². The molecule has 9 N–H and O–H groups in total. The molecular formula is C107H103F6N15O12. The highest BCUT2D eigenvalue weighted by Gasteiger charge is 2.54. The van der Waals surface area contributed by atoms with Crippen molar-refractivity contribution < 1.29 is 82.6 Å². The second kappa shape index (κ2) is 41.8. The van der Waals surface area contributed by atoms with Crippen LogP contribution >= 0.6 is 0 Å². The lowest BCUT2D eigenvalue weighted by Crippen LogP contribution is -2.58. The van der Waals surface area contributed by atoms with Gasteiger partial charge in [-0.15, -0.1) is 0 Å². The van der Waals surface area contributed by atoms with Gasteiger partial charge in [0.15, 0.2) is 17.5 Å². The lowest BCUT2D eigenvalue weighted by molar-refractivity contribution is -0.199. The predicted octanol–water partition coefficient (Wildman–Crippen LogP) is 20.7. The minimum atomic E-state index is -2.92. The average Bonchev–Trinajstić information content (AvgIpc) is 1.76. The van der Waals surface area contributed by atoms with Crippen molar-refractivity contribution in [1.82, 2.24) is 61.8 Å². The number of hydrogen-bond donors (Lipinski definition) is 9. The fourth-order valence-electron chi connectivity index (χ4n) is 18.2. The zero-order chi connectivity index (χ0) is 99.0. The van der Waals surface area contributed by atoms with E-state index in [4.69, 9.17) is 22.7 Å². The van der Waals surface area contributed by atoms with Gasteiger partial charge < -0.3 is 75.3 Å². The molecule has 18 rings (SSSR count). The van der Waals surface area contributed by atoms with E-state index in [1.54, 1.807) is 107 Å². The molecule has 0 bridgehead atoms. The van der Waals surface area contributed by atoms with Crippen LogP contribution in [-0.2, 0) is 30.8 Å². The van der Waals surface area contributed by atoms with E-state index in [9.17, 15) is 55.1 Å². The molecule has 3 fully saturated rings. The van der Waals surface area contributed by atoms with Gasteiger partial charge in [0.05, 0.1) is 35.0 Å². The van der Waals surface area contributed by atoms with Gasteiger partial charge in [-0.05, 0) is 144 Å². The summed E-state index contributed by atoms with van der Waals surface area (Å²) in [6.07, 6.45) is 7.74. The number of benzene rings is 9. The van der Waals surface area contributed by atoms with E-state index < -0.39 is 72.5 Å². The SMILES string of the molecule is CCNc1cc2oc(-c3ccc(C)cc3)c(C(=O)NC)c2cc1-c1ccc(C)c(C(=O)NC2(c3ncccn3)CC(OC(F)F)C2)c1.CCNc1cc2oc(-c3ccc(C)cc3)c(C(=O)NC)c2cc1-c1ccc(C)c(C(=O)NC2(c3ncccn3)CC(OC(F)F)C2)c1.CCNc1cc2oc(-c3ccc(C)cc3)c(C(=O)NC)c2cc1-c1cccc(C(=O)NC2(c3ncccn3)CC(OC(F)F)C2)c1. The summed E-state index contributed by atoms with van der Waals surface area (Å²) in [4.78, 5) is 107. The quantitative estimate of drug-likeness (QED) is 0.0189. The number of halogens is 6. The number of aromatic nitrogens is 6. The van der Waals surface area contributed by atoms with Crippen LogP contribution in [0.2, 0.25) is 0 Å². The number of rotatable bonds is 30. The molecule has 0 radical (unpaired) electrons. The number of fused-ring (bicyclic) bond motifs is 3. The Hall–Kier alpha value is -15.5.